The van der Waals surface area contributed by atoms with Crippen molar-refractivity contribution >= 4 is 22.1 Å². The number of hydrogen-bond acceptors (Lipinski definition) is 2. The van der Waals surface area contributed by atoms with E-state index in [-0.39, 0.29) is 11.0 Å². The van der Waals surface area contributed by atoms with Gasteiger partial charge in [0.25, 0.3) is 0 Å². The number of benzene rings is 6. The average Bonchev–Trinajstić information content (AvgIpc) is 3.81. The van der Waals surface area contributed by atoms with Crippen LogP contribution in [0.25, 0.3) is 55.7 Å². The molecule has 0 radical (unpaired) electrons. The molecular weight excluding hydrogens is 843 g/mol. The van der Waals surface area contributed by atoms with Gasteiger partial charge in [-0.2, -0.15) is 26.3 Å². The van der Waals surface area contributed by atoms with E-state index >= 15 is 30.7 Å². The average molecular weight is 871 g/mol. The number of halogens is 13. The van der Waals surface area contributed by atoms with Crippen LogP contribution in [0, 0.1) is 61.5 Å². The molecule has 17 heteroatoms. The molecule has 0 bridgehead atoms. The van der Waals surface area contributed by atoms with Crippen molar-refractivity contribution in [2.45, 2.75) is 45.0 Å². The lowest BCUT2D eigenvalue weighted by Gasteiger charge is -2.38. The molecule has 62 heavy (non-hydrogen) atoms. The van der Waals surface area contributed by atoms with Crippen LogP contribution in [0.1, 0.15) is 39.2 Å². The van der Waals surface area contributed by atoms with E-state index in [1.807, 2.05) is 6.07 Å². The normalized spacial score (nSPS) is 12.6. The lowest BCUT2D eigenvalue weighted by Crippen LogP contribution is -2.54. The summed E-state index contributed by atoms with van der Waals surface area (Å²) in [5.41, 5.74) is -10.0. The van der Waals surface area contributed by atoms with Crippen LogP contribution < -0.4 is 0 Å². The quantitative estimate of drug-likeness (QED) is 0.124. The summed E-state index contributed by atoms with van der Waals surface area (Å²) >= 11 is 0. The van der Waals surface area contributed by atoms with Crippen molar-refractivity contribution in [2.75, 3.05) is 0 Å². The third-order valence-electron chi connectivity index (χ3n) is 10.9. The van der Waals surface area contributed by atoms with Crippen LogP contribution in [-0.4, -0.2) is 32.3 Å². The molecule has 4 nitrogen and oxygen atoms in total. The maximum absolute atomic E-state index is 15.9. The van der Waals surface area contributed by atoms with Crippen molar-refractivity contribution in [3.8, 4) is 33.6 Å². The number of alkyl halides is 6. The van der Waals surface area contributed by atoms with Gasteiger partial charge in [0.2, 0.25) is 5.41 Å². The summed E-state index contributed by atoms with van der Waals surface area (Å²) in [7, 11) is 0. The highest BCUT2D eigenvalue weighted by molar-refractivity contribution is 5.88. The largest absolute Gasteiger partial charge is 0.411 e. The predicted octanol–water partition coefficient (Wildman–Crippen LogP) is 13.3. The van der Waals surface area contributed by atoms with Gasteiger partial charge >= 0.3 is 12.4 Å². The summed E-state index contributed by atoms with van der Waals surface area (Å²) in [4.78, 5) is 14.2. The van der Waals surface area contributed by atoms with Crippen LogP contribution in [0.2, 0.25) is 0 Å². The predicted molar refractivity (Wildman–Crippen MR) is 205 cm³/mol. The summed E-state index contributed by atoms with van der Waals surface area (Å²) in [5.74, 6) is -13.8. The van der Waals surface area contributed by atoms with Crippen molar-refractivity contribution in [1.82, 2.24) is 19.9 Å². The van der Waals surface area contributed by atoms with E-state index in [2.05, 4.69) is 19.9 Å². The zero-order valence-corrected chi connectivity index (χ0v) is 32.1. The number of rotatable bonds is 7. The molecule has 2 aromatic heterocycles. The van der Waals surface area contributed by atoms with Crippen LogP contribution in [0.15, 0.2) is 84.9 Å². The fourth-order valence-corrected chi connectivity index (χ4v) is 7.85. The highest BCUT2D eigenvalue weighted by Crippen LogP contribution is 2.56. The second-order valence-electron chi connectivity index (χ2n) is 14.8. The standard InChI is InChI=1S/C45H27F13N4/c1-19-4-10-25(11-5-19)43(44(53,54)55,45(56,57)58)26-12-6-22(7-13-26)33-20(2)35(46)27(36(47)39(33)50)18-28-37(48)40(51)34(41(52)38(28)49)42-61-30-15-9-24(17-32(30)62-42)23-8-14-29-31(16-23)60-21(3)59-29/h4-17H,18H2,1-3H3,(H,59,60)(H,61,62). The van der Waals surface area contributed by atoms with Gasteiger partial charge in [-0.25, -0.2) is 40.7 Å². The lowest BCUT2D eigenvalue weighted by molar-refractivity contribution is -0.288. The Morgan fingerprint density at radius 1 is 0.468 bits per heavy atom. The molecule has 0 spiro atoms. The van der Waals surface area contributed by atoms with Crippen LogP contribution in [0.4, 0.5) is 57.1 Å². The molecule has 2 heterocycles. The number of imidazole rings is 2. The number of nitrogens with one attached hydrogen (secondary N) is 2. The van der Waals surface area contributed by atoms with Crippen molar-refractivity contribution in [3.05, 3.63) is 165 Å². The Morgan fingerprint density at radius 2 is 0.903 bits per heavy atom. The molecule has 0 saturated heterocycles. The first-order valence-corrected chi connectivity index (χ1v) is 18.4. The third-order valence-corrected chi connectivity index (χ3v) is 10.9. The van der Waals surface area contributed by atoms with E-state index < -0.39 is 115 Å². The molecule has 0 aliphatic heterocycles. The first-order valence-electron chi connectivity index (χ1n) is 18.4. The Morgan fingerprint density at radius 3 is 1.42 bits per heavy atom. The number of H-pyrrole nitrogens is 2. The maximum Gasteiger partial charge on any atom is 0.411 e. The molecule has 318 valence electrons. The summed E-state index contributed by atoms with van der Waals surface area (Å²) < 4.78 is 198. The van der Waals surface area contributed by atoms with E-state index in [4.69, 9.17) is 0 Å². The zero-order valence-electron chi connectivity index (χ0n) is 32.1. The summed E-state index contributed by atoms with van der Waals surface area (Å²) in [6.45, 7) is 4.09. The molecule has 0 aliphatic carbocycles. The summed E-state index contributed by atoms with van der Waals surface area (Å²) in [6, 6.07) is 15.5. The molecule has 2 N–H and O–H groups in total. The molecule has 0 unspecified atom stereocenters. The van der Waals surface area contributed by atoms with Gasteiger partial charge in [0.1, 0.15) is 17.5 Å². The second-order valence-corrected chi connectivity index (χ2v) is 14.8. The van der Waals surface area contributed by atoms with Gasteiger partial charge in [-0.1, -0.05) is 66.2 Å². The molecular formula is C45H27F13N4. The van der Waals surface area contributed by atoms with E-state index in [0.717, 1.165) is 35.7 Å². The first kappa shape index (κ1) is 42.1. The summed E-state index contributed by atoms with van der Waals surface area (Å²) in [5, 5.41) is 0. The van der Waals surface area contributed by atoms with Gasteiger partial charge in [-0.15, -0.1) is 0 Å². The van der Waals surface area contributed by atoms with Gasteiger partial charge < -0.3 is 9.97 Å². The molecule has 6 aromatic carbocycles. The number of fused-ring (bicyclic) bond motifs is 2. The van der Waals surface area contributed by atoms with Crippen LogP contribution >= 0.6 is 0 Å². The minimum absolute atomic E-state index is 0.155. The van der Waals surface area contributed by atoms with E-state index in [9.17, 15) is 26.3 Å². The van der Waals surface area contributed by atoms with E-state index in [1.54, 1.807) is 31.2 Å². The van der Waals surface area contributed by atoms with E-state index in [1.165, 1.54) is 13.0 Å². The van der Waals surface area contributed by atoms with Crippen molar-refractivity contribution in [1.29, 1.82) is 0 Å². The fourth-order valence-electron chi connectivity index (χ4n) is 7.85. The minimum atomic E-state index is -5.96. The molecule has 0 amide bonds. The first-order chi connectivity index (χ1) is 29.1. The number of nitrogens with zero attached hydrogens (tertiary/aromatic N) is 2. The van der Waals surface area contributed by atoms with Gasteiger partial charge in [0.15, 0.2) is 34.9 Å². The number of hydrogen-bond donors (Lipinski definition) is 2. The SMILES string of the molecule is Cc1ccc(C(c2ccc(-c3c(C)c(F)c(Cc4c(F)c(F)c(-c5nc6ccc(-c7ccc8nc(C)[nH]c8c7)cc6[nH]5)c(F)c4F)c(F)c3F)cc2)(C(F)(F)F)C(F)(F)F)cc1. The van der Waals surface area contributed by atoms with E-state index in [0.29, 0.717) is 53.3 Å². The molecule has 8 rings (SSSR count). The Labute approximate surface area is 342 Å². The van der Waals surface area contributed by atoms with Gasteiger partial charge in [0.05, 0.1) is 27.6 Å². The Hall–Kier alpha value is -6.65. The van der Waals surface area contributed by atoms with Gasteiger partial charge in [-0.3, -0.25) is 0 Å². The van der Waals surface area contributed by atoms with Gasteiger partial charge in [0, 0.05) is 23.1 Å². The van der Waals surface area contributed by atoms with Crippen LogP contribution in [0.5, 0.6) is 0 Å². The zero-order chi connectivity index (χ0) is 44.8. The number of aryl methyl sites for hydroxylation is 2. The minimum Gasteiger partial charge on any atom is -0.342 e. The Kier molecular flexibility index (Phi) is 10.0. The van der Waals surface area contributed by atoms with Crippen molar-refractivity contribution in [3.63, 3.8) is 0 Å². The summed E-state index contributed by atoms with van der Waals surface area (Å²) in [6.07, 6.45) is -13.5. The molecule has 0 fully saturated rings. The second kappa shape index (κ2) is 14.8. The topological polar surface area (TPSA) is 57.4 Å². The lowest BCUT2D eigenvalue weighted by atomic mass is 9.72. The van der Waals surface area contributed by atoms with Crippen molar-refractivity contribution < 1.29 is 57.1 Å². The molecule has 0 atom stereocenters. The van der Waals surface area contributed by atoms with Crippen LogP contribution in [0.3, 0.4) is 0 Å². The van der Waals surface area contributed by atoms with Crippen molar-refractivity contribution in [2.24, 2.45) is 0 Å². The van der Waals surface area contributed by atoms with Gasteiger partial charge in [-0.05, 0) is 78.4 Å². The Balaban J connectivity index is 1.14. The highest BCUT2D eigenvalue weighted by Gasteiger charge is 2.72. The van der Waals surface area contributed by atoms with Crippen LogP contribution in [-0.2, 0) is 11.8 Å². The molecule has 8 aromatic rings. The fraction of sp³-hybridized carbons (Fsp3) is 0.156. The monoisotopic (exact) mass is 870 g/mol. The highest BCUT2D eigenvalue weighted by atomic mass is 19.4. The third kappa shape index (κ3) is 6.55. The smallest absolute Gasteiger partial charge is 0.342 e. The maximum atomic E-state index is 15.9. The Bertz CT molecular complexity index is 3000. The number of aromatic amines is 2. The number of aromatic nitrogens is 4. The molecule has 0 saturated carbocycles. The molecule has 0 aliphatic rings.